The van der Waals surface area contributed by atoms with E-state index in [1.807, 2.05) is 12.3 Å². The van der Waals surface area contributed by atoms with Crippen LogP contribution in [0.15, 0.2) is 60.9 Å². The smallest absolute Gasteiger partial charge is 0.338 e. The minimum Gasteiger partial charge on any atom is -0.461 e. The van der Waals surface area contributed by atoms with Crippen molar-refractivity contribution in [2.24, 2.45) is 5.73 Å². The van der Waals surface area contributed by atoms with Gasteiger partial charge in [0, 0.05) is 30.5 Å². The van der Waals surface area contributed by atoms with Crippen LogP contribution in [0.5, 0.6) is 0 Å². The number of benzene rings is 2. The van der Waals surface area contributed by atoms with Crippen molar-refractivity contribution in [2.75, 3.05) is 18.6 Å². The maximum absolute atomic E-state index is 13.9. The lowest BCUT2D eigenvalue weighted by Gasteiger charge is -2.12. The summed E-state index contributed by atoms with van der Waals surface area (Å²) in [5, 5.41) is 0. The number of aromatic nitrogens is 1. The number of thioether (sulfide) groups is 1. The standard InChI is InChI=1S/C24H23FN2O3S/c1-31-10-9-30-24(29)19-4-2-3-16(11-19)21-12-18(5-6-20(21)14-26)23(28)13-17-7-8-27-15-22(17)25/h2-8,11-12,15H,9-10,13-14,26H2,1H3. The summed E-state index contributed by atoms with van der Waals surface area (Å²) < 4.78 is 19.2. The summed E-state index contributed by atoms with van der Waals surface area (Å²) in [6.07, 6.45) is 4.42. The molecule has 0 saturated heterocycles. The van der Waals surface area contributed by atoms with Crippen LogP contribution in [0.1, 0.15) is 31.8 Å². The predicted molar refractivity (Wildman–Crippen MR) is 121 cm³/mol. The van der Waals surface area contributed by atoms with Gasteiger partial charge in [-0.25, -0.2) is 9.18 Å². The van der Waals surface area contributed by atoms with E-state index in [0.29, 0.717) is 23.3 Å². The Hall–Kier alpha value is -3.03. The maximum atomic E-state index is 13.9. The van der Waals surface area contributed by atoms with Crippen molar-refractivity contribution in [3.8, 4) is 11.1 Å². The van der Waals surface area contributed by atoms with Gasteiger partial charge in [0.1, 0.15) is 12.4 Å². The van der Waals surface area contributed by atoms with Gasteiger partial charge in [0.2, 0.25) is 0 Å². The van der Waals surface area contributed by atoms with E-state index in [0.717, 1.165) is 28.6 Å². The Kier molecular flexibility index (Phi) is 7.92. The Morgan fingerprint density at radius 1 is 1.10 bits per heavy atom. The molecule has 0 atom stereocenters. The van der Waals surface area contributed by atoms with Gasteiger partial charge in [-0.3, -0.25) is 9.78 Å². The molecule has 0 aliphatic rings. The highest BCUT2D eigenvalue weighted by molar-refractivity contribution is 7.98. The molecule has 5 nitrogen and oxygen atoms in total. The number of pyridine rings is 1. The number of nitrogens with zero attached hydrogens (tertiary/aromatic N) is 1. The second-order valence-corrected chi connectivity index (χ2v) is 7.84. The molecular formula is C24H23FN2O3S. The third-order valence-electron chi connectivity index (χ3n) is 4.79. The lowest BCUT2D eigenvalue weighted by molar-refractivity contribution is 0.0530. The average molecular weight is 439 g/mol. The molecule has 0 bridgehead atoms. The van der Waals surface area contributed by atoms with Crippen molar-refractivity contribution in [3.63, 3.8) is 0 Å². The van der Waals surface area contributed by atoms with Gasteiger partial charge in [-0.1, -0.05) is 24.3 Å². The second kappa shape index (κ2) is 10.8. The molecule has 3 aromatic rings. The fraction of sp³-hybridized carbons (Fsp3) is 0.208. The number of rotatable bonds is 9. The molecule has 1 heterocycles. The summed E-state index contributed by atoms with van der Waals surface area (Å²) in [6.45, 7) is 0.610. The normalized spacial score (nSPS) is 10.7. The number of esters is 1. The Morgan fingerprint density at radius 3 is 2.68 bits per heavy atom. The van der Waals surface area contributed by atoms with Gasteiger partial charge >= 0.3 is 5.97 Å². The fourth-order valence-electron chi connectivity index (χ4n) is 3.13. The zero-order chi connectivity index (χ0) is 22.2. The number of carbonyl (C=O) groups excluding carboxylic acids is 2. The van der Waals surface area contributed by atoms with Crippen molar-refractivity contribution in [3.05, 3.63) is 89.0 Å². The highest BCUT2D eigenvalue weighted by Gasteiger charge is 2.15. The summed E-state index contributed by atoms with van der Waals surface area (Å²) in [7, 11) is 0. The van der Waals surface area contributed by atoms with Crippen LogP contribution in [0.2, 0.25) is 0 Å². The Bertz CT molecular complexity index is 1090. The van der Waals surface area contributed by atoms with Crippen molar-refractivity contribution < 1.29 is 18.7 Å². The monoisotopic (exact) mass is 438 g/mol. The van der Waals surface area contributed by atoms with Crippen LogP contribution in [0.25, 0.3) is 11.1 Å². The summed E-state index contributed by atoms with van der Waals surface area (Å²) in [6, 6.07) is 13.7. The predicted octanol–water partition coefficient (Wildman–Crippen LogP) is 4.29. The van der Waals surface area contributed by atoms with Crippen LogP contribution in [-0.2, 0) is 17.7 Å². The molecule has 160 valence electrons. The second-order valence-electron chi connectivity index (χ2n) is 6.85. The van der Waals surface area contributed by atoms with Gasteiger partial charge in [-0.15, -0.1) is 0 Å². The van der Waals surface area contributed by atoms with Gasteiger partial charge in [0.05, 0.1) is 11.8 Å². The first kappa shape index (κ1) is 22.7. The van der Waals surface area contributed by atoms with Crippen LogP contribution >= 0.6 is 11.8 Å². The van der Waals surface area contributed by atoms with Gasteiger partial charge in [-0.05, 0) is 52.8 Å². The van der Waals surface area contributed by atoms with Crippen molar-refractivity contribution in [1.29, 1.82) is 0 Å². The number of ether oxygens (including phenoxy) is 1. The van der Waals surface area contributed by atoms with Gasteiger partial charge in [0.25, 0.3) is 0 Å². The molecule has 0 unspecified atom stereocenters. The first-order valence-corrected chi connectivity index (χ1v) is 11.1. The topological polar surface area (TPSA) is 82.3 Å². The number of nitrogens with two attached hydrogens (primary N) is 1. The SMILES string of the molecule is CSCCOC(=O)c1cccc(-c2cc(C(=O)Cc3ccncc3F)ccc2CN)c1. The van der Waals surface area contributed by atoms with Crippen molar-refractivity contribution >= 4 is 23.5 Å². The zero-order valence-electron chi connectivity index (χ0n) is 17.1. The van der Waals surface area contributed by atoms with E-state index in [4.69, 9.17) is 10.5 Å². The van der Waals surface area contributed by atoms with Crippen LogP contribution < -0.4 is 5.73 Å². The molecule has 0 saturated carbocycles. The third kappa shape index (κ3) is 5.77. The van der Waals surface area contributed by atoms with E-state index in [1.54, 1.807) is 48.2 Å². The minimum atomic E-state index is -0.512. The lowest BCUT2D eigenvalue weighted by atomic mass is 9.93. The van der Waals surface area contributed by atoms with E-state index in [1.165, 1.54) is 12.3 Å². The number of ketones is 1. The van der Waals surface area contributed by atoms with E-state index in [9.17, 15) is 14.0 Å². The number of Topliss-reactive ketones (excluding diaryl/α,β-unsaturated/α-hetero) is 1. The molecule has 0 aliphatic carbocycles. The molecule has 1 aromatic heterocycles. The Morgan fingerprint density at radius 2 is 1.94 bits per heavy atom. The van der Waals surface area contributed by atoms with Crippen molar-refractivity contribution in [2.45, 2.75) is 13.0 Å². The Labute approximate surface area is 184 Å². The average Bonchev–Trinajstić information content (AvgIpc) is 2.80. The summed E-state index contributed by atoms with van der Waals surface area (Å²) in [4.78, 5) is 28.8. The maximum Gasteiger partial charge on any atom is 0.338 e. The summed E-state index contributed by atoms with van der Waals surface area (Å²) in [5.41, 5.74) is 9.40. The highest BCUT2D eigenvalue weighted by atomic mass is 32.2. The van der Waals surface area contributed by atoms with E-state index >= 15 is 0 Å². The summed E-state index contributed by atoms with van der Waals surface area (Å²) >= 11 is 1.60. The van der Waals surface area contributed by atoms with Gasteiger partial charge in [-0.2, -0.15) is 11.8 Å². The Balaban J connectivity index is 1.89. The van der Waals surface area contributed by atoms with Crippen LogP contribution in [0.4, 0.5) is 4.39 Å². The quantitative estimate of drug-likeness (QED) is 0.305. The van der Waals surface area contributed by atoms with Crippen molar-refractivity contribution in [1.82, 2.24) is 4.98 Å². The largest absolute Gasteiger partial charge is 0.461 e. The van der Waals surface area contributed by atoms with Crippen LogP contribution in [0.3, 0.4) is 0 Å². The fourth-order valence-corrected chi connectivity index (χ4v) is 3.38. The zero-order valence-corrected chi connectivity index (χ0v) is 18.0. The number of halogens is 1. The summed E-state index contributed by atoms with van der Waals surface area (Å²) in [5.74, 6) is -0.402. The van der Waals surface area contributed by atoms with E-state index < -0.39 is 11.8 Å². The molecule has 2 aromatic carbocycles. The highest BCUT2D eigenvalue weighted by Crippen LogP contribution is 2.27. The van der Waals surface area contributed by atoms with Crippen LogP contribution in [-0.4, -0.2) is 35.4 Å². The lowest BCUT2D eigenvalue weighted by Crippen LogP contribution is -2.09. The molecule has 31 heavy (non-hydrogen) atoms. The molecule has 0 aliphatic heterocycles. The molecule has 0 radical (unpaired) electrons. The van der Waals surface area contributed by atoms with Crippen LogP contribution in [0, 0.1) is 5.82 Å². The number of hydrogen-bond donors (Lipinski definition) is 1. The molecule has 0 spiro atoms. The molecule has 0 amide bonds. The van der Waals surface area contributed by atoms with Gasteiger partial charge < -0.3 is 10.5 Å². The first-order chi connectivity index (χ1) is 15.0. The molecular weight excluding hydrogens is 415 g/mol. The van der Waals surface area contributed by atoms with E-state index in [2.05, 4.69) is 4.98 Å². The van der Waals surface area contributed by atoms with E-state index in [-0.39, 0.29) is 18.7 Å². The molecule has 3 rings (SSSR count). The molecule has 0 fully saturated rings. The number of carbonyl (C=O) groups is 2. The molecule has 7 heteroatoms. The minimum absolute atomic E-state index is 0.0719. The van der Waals surface area contributed by atoms with Gasteiger partial charge in [0.15, 0.2) is 5.78 Å². The molecule has 2 N–H and O–H groups in total. The third-order valence-corrected chi connectivity index (χ3v) is 5.36. The number of hydrogen-bond acceptors (Lipinski definition) is 6. The first-order valence-electron chi connectivity index (χ1n) is 9.74.